The van der Waals surface area contributed by atoms with Crippen molar-refractivity contribution in [1.29, 1.82) is 0 Å². The summed E-state index contributed by atoms with van der Waals surface area (Å²) in [5, 5.41) is 0. The molecule has 10 nitrogen and oxygen atoms in total. The fourth-order valence-corrected chi connectivity index (χ4v) is 4.57. The van der Waals surface area contributed by atoms with Crippen LogP contribution < -0.4 is 9.47 Å². The Bertz CT molecular complexity index is 985. The summed E-state index contributed by atoms with van der Waals surface area (Å²) in [4.78, 5) is 53.8. The number of esters is 4. The molecule has 0 bridgehead atoms. The van der Waals surface area contributed by atoms with Crippen LogP contribution in [0.15, 0.2) is 48.5 Å². The zero-order valence-corrected chi connectivity index (χ0v) is 23.8. The normalized spacial score (nSPS) is 12.3. The average Bonchev–Trinajstić information content (AvgIpc) is 2.95. The van der Waals surface area contributed by atoms with Crippen LogP contribution in [0.1, 0.15) is 50.7 Å². The first kappa shape index (κ1) is 32.1. The van der Waals surface area contributed by atoms with Crippen molar-refractivity contribution in [3.05, 3.63) is 59.7 Å². The molecule has 0 fully saturated rings. The number of carbonyl (C=O) groups is 4. The first-order valence-corrected chi connectivity index (χ1v) is 13.2. The van der Waals surface area contributed by atoms with E-state index in [1.54, 1.807) is 76.2 Å². The molecule has 2 atom stereocenters. The van der Waals surface area contributed by atoms with Crippen LogP contribution in [0.2, 0.25) is 0 Å². The molecule has 0 unspecified atom stereocenters. The molecule has 10 heteroatoms. The molecular formula is C30H38O10. The summed E-state index contributed by atoms with van der Waals surface area (Å²) in [6.07, 6.45) is 0. The van der Waals surface area contributed by atoms with Crippen LogP contribution in [0.25, 0.3) is 0 Å². The van der Waals surface area contributed by atoms with E-state index in [1.165, 1.54) is 14.2 Å². The van der Waals surface area contributed by atoms with Crippen LogP contribution in [-0.4, -0.2) is 64.5 Å². The minimum atomic E-state index is -1.54. The second kappa shape index (κ2) is 16.1. The van der Waals surface area contributed by atoms with E-state index in [9.17, 15) is 19.2 Å². The summed E-state index contributed by atoms with van der Waals surface area (Å²) in [6, 6.07) is 13.3. The molecule has 0 amide bonds. The van der Waals surface area contributed by atoms with Gasteiger partial charge in [0.25, 0.3) is 0 Å². The third-order valence-electron chi connectivity index (χ3n) is 6.27. The third-order valence-corrected chi connectivity index (χ3v) is 6.27. The zero-order valence-electron chi connectivity index (χ0n) is 23.8. The maximum Gasteiger partial charge on any atom is 0.320 e. The molecule has 40 heavy (non-hydrogen) atoms. The molecule has 0 aromatic heterocycles. The van der Waals surface area contributed by atoms with Crippen LogP contribution in [0, 0.1) is 11.8 Å². The van der Waals surface area contributed by atoms with Crippen LogP contribution in [-0.2, 0) is 38.1 Å². The Labute approximate surface area is 234 Å². The Morgan fingerprint density at radius 3 is 0.950 bits per heavy atom. The monoisotopic (exact) mass is 558 g/mol. The molecular weight excluding hydrogens is 520 g/mol. The Balaban J connectivity index is 2.97. The average molecular weight is 559 g/mol. The molecule has 0 aliphatic heterocycles. The Morgan fingerprint density at radius 1 is 0.500 bits per heavy atom. The molecule has 0 aliphatic carbocycles. The van der Waals surface area contributed by atoms with Crippen LogP contribution >= 0.6 is 0 Å². The van der Waals surface area contributed by atoms with Gasteiger partial charge >= 0.3 is 23.9 Å². The van der Waals surface area contributed by atoms with Gasteiger partial charge in [-0.2, -0.15) is 0 Å². The lowest BCUT2D eigenvalue weighted by atomic mass is 9.68. The van der Waals surface area contributed by atoms with Gasteiger partial charge in [0, 0.05) is 11.8 Å². The number of benzene rings is 2. The molecule has 0 radical (unpaired) electrons. The van der Waals surface area contributed by atoms with Crippen molar-refractivity contribution in [3.63, 3.8) is 0 Å². The van der Waals surface area contributed by atoms with Gasteiger partial charge in [-0.3, -0.25) is 19.2 Å². The van der Waals surface area contributed by atoms with E-state index < -0.39 is 47.5 Å². The Morgan fingerprint density at radius 2 is 0.750 bits per heavy atom. The largest absolute Gasteiger partial charge is 0.497 e. The van der Waals surface area contributed by atoms with Gasteiger partial charge in [0.15, 0.2) is 11.8 Å². The number of hydrogen-bond donors (Lipinski definition) is 0. The zero-order chi connectivity index (χ0) is 29.7. The van der Waals surface area contributed by atoms with Gasteiger partial charge in [-0.25, -0.2) is 0 Å². The molecule has 2 aromatic carbocycles. The van der Waals surface area contributed by atoms with E-state index in [-0.39, 0.29) is 26.4 Å². The van der Waals surface area contributed by atoms with Gasteiger partial charge in [0.05, 0.1) is 40.6 Å². The highest BCUT2D eigenvalue weighted by Crippen LogP contribution is 2.46. The van der Waals surface area contributed by atoms with Crippen molar-refractivity contribution in [2.45, 2.75) is 39.5 Å². The van der Waals surface area contributed by atoms with Gasteiger partial charge < -0.3 is 28.4 Å². The number of hydrogen-bond acceptors (Lipinski definition) is 10. The van der Waals surface area contributed by atoms with Crippen molar-refractivity contribution >= 4 is 23.9 Å². The Kier molecular flexibility index (Phi) is 13.0. The highest BCUT2D eigenvalue weighted by atomic mass is 16.6. The van der Waals surface area contributed by atoms with Crippen molar-refractivity contribution in [2.75, 3.05) is 40.6 Å². The van der Waals surface area contributed by atoms with Gasteiger partial charge in [-0.15, -0.1) is 0 Å². The Hall–Kier alpha value is -4.08. The summed E-state index contributed by atoms with van der Waals surface area (Å²) in [5.74, 6) is -7.66. The quantitative estimate of drug-likeness (QED) is 0.180. The third kappa shape index (κ3) is 7.97. The van der Waals surface area contributed by atoms with E-state index in [4.69, 9.17) is 28.4 Å². The highest BCUT2D eigenvalue weighted by Gasteiger charge is 2.50. The van der Waals surface area contributed by atoms with Crippen LogP contribution in [0.3, 0.4) is 0 Å². The molecule has 0 saturated carbocycles. The van der Waals surface area contributed by atoms with Gasteiger partial charge in [-0.05, 0) is 63.1 Å². The molecule has 0 N–H and O–H groups in total. The second-order valence-corrected chi connectivity index (χ2v) is 8.56. The van der Waals surface area contributed by atoms with E-state index in [0.29, 0.717) is 22.6 Å². The standard InChI is InChI=1S/C30H38O10/c1-7-37-27(31)25(28(32)38-8-2)23(19-11-15-21(35-5)16-12-19)24(20-13-17-22(36-6)18-14-20)26(29(33)39-9-3)30(34)40-10-4/h11-18,23-26H,7-10H2,1-6H3/t23-,24+. The lowest BCUT2D eigenvalue weighted by Gasteiger charge is -2.35. The van der Waals surface area contributed by atoms with Crippen molar-refractivity contribution in [2.24, 2.45) is 11.8 Å². The van der Waals surface area contributed by atoms with Gasteiger partial charge in [-0.1, -0.05) is 24.3 Å². The topological polar surface area (TPSA) is 124 Å². The number of carbonyl (C=O) groups excluding carboxylic acids is 4. The molecule has 0 spiro atoms. The number of methoxy groups -OCH3 is 2. The van der Waals surface area contributed by atoms with E-state index in [0.717, 1.165) is 0 Å². The summed E-state index contributed by atoms with van der Waals surface area (Å²) in [6.45, 7) is 6.44. The van der Waals surface area contributed by atoms with E-state index >= 15 is 0 Å². The summed E-state index contributed by atoms with van der Waals surface area (Å²) >= 11 is 0. The predicted molar refractivity (Wildman–Crippen MR) is 145 cm³/mol. The molecule has 2 rings (SSSR count). The summed E-state index contributed by atoms with van der Waals surface area (Å²) in [7, 11) is 3.01. The molecule has 0 heterocycles. The maximum atomic E-state index is 13.4. The second-order valence-electron chi connectivity index (χ2n) is 8.56. The minimum absolute atomic E-state index is 0.00352. The fraction of sp³-hybridized carbons (Fsp3) is 0.467. The van der Waals surface area contributed by atoms with Crippen LogP contribution in [0.5, 0.6) is 11.5 Å². The molecule has 218 valence electrons. The smallest absolute Gasteiger partial charge is 0.320 e. The lowest BCUT2D eigenvalue weighted by molar-refractivity contribution is -0.169. The number of ether oxygens (including phenoxy) is 6. The molecule has 2 aromatic rings. The van der Waals surface area contributed by atoms with Crippen molar-refractivity contribution in [1.82, 2.24) is 0 Å². The summed E-state index contributed by atoms with van der Waals surface area (Å²) in [5.41, 5.74) is 0.928. The fourth-order valence-electron chi connectivity index (χ4n) is 4.57. The number of rotatable bonds is 15. The van der Waals surface area contributed by atoms with Crippen molar-refractivity contribution < 1.29 is 47.6 Å². The van der Waals surface area contributed by atoms with E-state index in [1.807, 2.05) is 0 Å². The van der Waals surface area contributed by atoms with Gasteiger partial charge in [0.1, 0.15) is 11.5 Å². The SMILES string of the molecule is CCOC(=O)C(C(=O)OCC)[C@@H](c1ccc(OC)cc1)[C@@H](c1ccc(OC)cc1)C(C(=O)OCC)C(=O)OCC. The first-order valence-electron chi connectivity index (χ1n) is 13.2. The van der Waals surface area contributed by atoms with Crippen molar-refractivity contribution in [3.8, 4) is 11.5 Å². The maximum absolute atomic E-state index is 13.4. The van der Waals surface area contributed by atoms with Crippen LogP contribution in [0.4, 0.5) is 0 Å². The lowest BCUT2D eigenvalue weighted by Crippen LogP contribution is -2.42. The van der Waals surface area contributed by atoms with E-state index in [2.05, 4.69) is 0 Å². The highest BCUT2D eigenvalue weighted by molar-refractivity contribution is 5.99. The minimum Gasteiger partial charge on any atom is -0.497 e. The molecule has 0 saturated heterocycles. The predicted octanol–water partition coefficient (Wildman–Crippen LogP) is 4.06. The summed E-state index contributed by atoms with van der Waals surface area (Å²) < 4.78 is 31.9. The first-order chi connectivity index (χ1) is 19.3. The van der Waals surface area contributed by atoms with Gasteiger partial charge in [0.2, 0.25) is 0 Å². The molecule has 0 aliphatic rings.